The number of benzene rings is 3. The van der Waals surface area contributed by atoms with E-state index in [1.165, 1.54) is 16.7 Å². The molecule has 5 rings (SSSR count). The van der Waals surface area contributed by atoms with Crippen LogP contribution in [0.15, 0.2) is 77.4 Å². The van der Waals surface area contributed by atoms with Crippen LogP contribution in [0.5, 0.6) is 0 Å². The molecule has 0 saturated heterocycles. The molecular weight excluding hydrogens is 372 g/mol. The van der Waals surface area contributed by atoms with Crippen LogP contribution in [0, 0.1) is 13.8 Å². The number of carbonyl (C=O) groups is 1. The highest BCUT2D eigenvalue weighted by molar-refractivity contribution is 6.18. The summed E-state index contributed by atoms with van der Waals surface area (Å²) in [5.41, 5.74) is 13.1. The van der Waals surface area contributed by atoms with E-state index in [2.05, 4.69) is 54.8 Å². The Bertz CT molecular complexity index is 1410. The van der Waals surface area contributed by atoms with Crippen LogP contribution in [0.25, 0.3) is 33.1 Å². The number of carbonyl (C=O) groups excluding carboxylic acids is 1. The highest BCUT2D eigenvalue weighted by Gasteiger charge is 2.18. The van der Waals surface area contributed by atoms with Crippen LogP contribution in [-0.4, -0.2) is 10.5 Å². The maximum Gasteiger partial charge on any atom is 0.249 e. The lowest BCUT2D eigenvalue weighted by molar-refractivity contribution is 0.100. The predicted octanol–water partition coefficient (Wildman–Crippen LogP) is 5.82. The van der Waals surface area contributed by atoms with Crippen LogP contribution >= 0.6 is 0 Å². The summed E-state index contributed by atoms with van der Waals surface area (Å²) in [5.74, 6) is 0.400. The van der Waals surface area contributed by atoms with Gasteiger partial charge < -0.3 is 14.7 Å². The number of fused-ring (bicyclic) bond motifs is 3. The van der Waals surface area contributed by atoms with Gasteiger partial charge >= 0.3 is 0 Å². The summed E-state index contributed by atoms with van der Waals surface area (Å²) in [6.07, 6.45) is 1.68. The first-order valence-corrected chi connectivity index (χ1v) is 9.98. The molecule has 148 valence electrons. The van der Waals surface area contributed by atoms with Gasteiger partial charge in [-0.3, -0.25) is 4.79 Å². The summed E-state index contributed by atoms with van der Waals surface area (Å²) in [7, 11) is 0. The second kappa shape index (κ2) is 6.92. The van der Waals surface area contributed by atoms with E-state index in [1.54, 1.807) is 12.3 Å². The fourth-order valence-corrected chi connectivity index (χ4v) is 4.27. The van der Waals surface area contributed by atoms with E-state index in [0.29, 0.717) is 12.1 Å². The maximum atomic E-state index is 12.2. The van der Waals surface area contributed by atoms with Crippen molar-refractivity contribution >= 4 is 27.7 Å². The predicted molar refractivity (Wildman–Crippen MR) is 121 cm³/mol. The second-order valence-electron chi connectivity index (χ2n) is 7.72. The van der Waals surface area contributed by atoms with Crippen molar-refractivity contribution < 1.29 is 9.21 Å². The Morgan fingerprint density at radius 1 is 0.967 bits per heavy atom. The van der Waals surface area contributed by atoms with Crippen LogP contribution in [-0.2, 0) is 6.54 Å². The lowest BCUT2D eigenvalue weighted by Gasteiger charge is -2.12. The number of hydrogen-bond donors (Lipinski definition) is 1. The van der Waals surface area contributed by atoms with Crippen molar-refractivity contribution in [3.8, 4) is 11.3 Å². The molecule has 0 aliphatic rings. The van der Waals surface area contributed by atoms with Crippen LogP contribution < -0.4 is 5.73 Å². The molecule has 4 heteroatoms. The van der Waals surface area contributed by atoms with Crippen LogP contribution in [0.1, 0.15) is 27.0 Å². The third-order valence-corrected chi connectivity index (χ3v) is 6.01. The average Bonchev–Trinajstić information content (AvgIpc) is 3.38. The molecular formula is C26H22N2O2. The number of furan rings is 1. The van der Waals surface area contributed by atoms with Gasteiger partial charge in [0.15, 0.2) is 0 Å². The van der Waals surface area contributed by atoms with Gasteiger partial charge in [0.05, 0.1) is 17.3 Å². The van der Waals surface area contributed by atoms with Gasteiger partial charge in [0.2, 0.25) is 5.91 Å². The fraction of sp³-hybridized carbons (Fsp3) is 0.115. The lowest BCUT2D eigenvalue weighted by atomic mass is 10.0. The molecule has 3 aromatic carbocycles. The standard InChI is InChI=1S/C26H22N2O2/c1-16-6-3-7-19(17(16)2)15-28-22-9-4-8-21(26(27)29)25(22)20-12-11-18(14-23(20)28)24-10-5-13-30-24/h3-14H,15H2,1-2H3,(H2,27,29). The van der Waals surface area contributed by atoms with Gasteiger partial charge in [-0.2, -0.15) is 0 Å². The molecule has 0 radical (unpaired) electrons. The van der Waals surface area contributed by atoms with Crippen molar-refractivity contribution in [3.63, 3.8) is 0 Å². The highest BCUT2D eigenvalue weighted by atomic mass is 16.3. The molecule has 30 heavy (non-hydrogen) atoms. The molecule has 5 aromatic rings. The number of aryl methyl sites for hydroxylation is 1. The van der Waals surface area contributed by atoms with Crippen molar-refractivity contribution in [1.29, 1.82) is 0 Å². The third-order valence-electron chi connectivity index (χ3n) is 6.01. The van der Waals surface area contributed by atoms with Crippen molar-refractivity contribution in [1.82, 2.24) is 4.57 Å². The molecule has 0 saturated carbocycles. The second-order valence-corrected chi connectivity index (χ2v) is 7.72. The number of primary amides is 1. The SMILES string of the molecule is Cc1cccc(Cn2c3cc(-c4ccco4)ccc3c3c(C(N)=O)cccc32)c1C. The molecule has 0 aliphatic carbocycles. The number of amides is 1. The molecule has 0 fully saturated rings. The summed E-state index contributed by atoms with van der Waals surface area (Å²) in [4.78, 5) is 12.2. The number of nitrogens with two attached hydrogens (primary N) is 1. The van der Waals surface area contributed by atoms with Crippen molar-refractivity contribution in [2.24, 2.45) is 5.73 Å². The smallest absolute Gasteiger partial charge is 0.249 e. The van der Waals surface area contributed by atoms with E-state index in [4.69, 9.17) is 10.2 Å². The zero-order valence-corrected chi connectivity index (χ0v) is 17.0. The Balaban J connectivity index is 1.83. The van der Waals surface area contributed by atoms with Crippen molar-refractivity contribution in [2.75, 3.05) is 0 Å². The summed E-state index contributed by atoms with van der Waals surface area (Å²) in [6.45, 7) is 4.99. The quantitative estimate of drug-likeness (QED) is 0.418. The van der Waals surface area contributed by atoms with Gasteiger partial charge in [-0.05, 0) is 60.9 Å². The first-order chi connectivity index (χ1) is 14.5. The van der Waals surface area contributed by atoms with Crippen LogP contribution in [0.3, 0.4) is 0 Å². The summed E-state index contributed by atoms with van der Waals surface area (Å²) in [6, 6.07) is 22.2. The number of aromatic nitrogens is 1. The first-order valence-electron chi connectivity index (χ1n) is 9.98. The third kappa shape index (κ3) is 2.80. The Hall–Kier alpha value is -3.79. The van der Waals surface area contributed by atoms with Gasteiger partial charge in [-0.15, -0.1) is 0 Å². The molecule has 2 aromatic heterocycles. The molecule has 1 amide bonds. The number of nitrogens with zero attached hydrogens (tertiary/aromatic N) is 1. The fourth-order valence-electron chi connectivity index (χ4n) is 4.27. The highest BCUT2D eigenvalue weighted by Crippen LogP contribution is 2.35. The Labute approximate surface area is 174 Å². The molecule has 0 unspecified atom stereocenters. The minimum atomic E-state index is -0.415. The Morgan fingerprint density at radius 2 is 1.80 bits per heavy atom. The van der Waals surface area contributed by atoms with E-state index in [0.717, 1.165) is 33.1 Å². The lowest BCUT2D eigenvalue weighted by Crippen LogP contribution is -2.11. The molecule has 2 N–H and O–H groups in total. The molecule has 0 spiro atoms. The zero-order chi connectivity index (χ0) is 20.8. The first kappa shape index (κ1) is 18.3. The maximum absolute atomic E-state index is 12.2. The average molecular weight is 394 g/mol. The largest absolute Gasteiger partial charge is 0.464 e. The van der Waals surface area contributed by atoms with E-state index in [9.17, 15) is 4.79 Å². The number of hydrogen-bond acceptors (Lipinski definition) is 2. The minimum absolute atomic E-state index is 0.415. The zero-order valence-electron chi connectivity index (χ0n) is 17.0. The topological polar surface area (TPSA) is 61.2 Å². The molecule has 4 nitrogen and oxygen atoms in total. The monoisotopic (exact) mass is 394 g/mol. The van der Waals surface area contributed by atoms with Gasteiger partial charge in [-0.25, -0.2) is 0 Å². The summed E-state index contributed by atoms with van der Waals surface area (Å²) >= 11 is 0. The van der Waals surface area contributed by atoms with Crippen LogP contribution in [0.4, 0.5) is 0 Å². The number of rotatable bonds is 4. The van der Waals surface area contributed by atoms with Crippen molar-refractivity contribution in [2.45, 2.75) is 20.4 Å². The van der Waals surface area contributed by atoms with Crippen LogP contribution in [0.2, 0.25) is 0 Å². The van der Waals surface area contributed by atoms with E-state index in [-0.39, 0.29) is 0 Å². The van der Waals surface area contributed by atoms with Gasteiger partial charge in [-0.1, -0.05) is 36.4 Å². The van der Waals surface area contributed by atoms with Gasteiger partial charge in [0, 0.05) is 28.4 Å². The van der Waals surface area contributed by atoms with E-state index >= 15 is 0 Å². The molecule has 0 bridgehead atoms. The molecule has 2 heterocycles. The Kier molecular flexibility index (Phi) is 4.21. The molecule has 0 atom stereocenters. The van der Waals surface area contributed by atoms with Gasteiger partial charge in [0.25, 0.3) is 0 Å². The van der Waals surface area contributed by atoms with E-state index < -0.39 is 5.91 Å². The van der Waals surface area contributed by atoms with Gasteiger partial charge in [0.1, 0.15) is 5.76 Å². The van der Waals surface area contributed by atoms with E-state index in [1.807, 2.05) is 24.3 Å². The van der Waals surface area contributed by atoms with Crippen molar-refractivity contribution in [3.05, 3.63) is 95.2 Å². The normalized spacial score (nSPS) is 11.4. The summed E-state index contributed by atoms with van der Waals surface area (Å²) < 4.78 is 7.88. The minimum Gasteiger partial charge on any atom is -0.464 e. The Morgan fingerprint density at radius 3 is 2.57 bits per heavy atom. The summed E-state index contributed by atoms with van der Waals surface area (Å²) in [5, 5.41) is 1.91. The molecule has 0 aliphatic heterocycles.